The third-order valence-electron chi connectivity index (χ3n) is 2.43. The first-order valence-corrected chi connectivity index (χ1v) is 5.23. The Hall–Kier alpha value is -1.42. The highest BCUT2D eigenvalue weighted by atomic mass is 19.1. The van der Waals surface area contributed by atoms with E-state index in [1.165, 1.54) is 11.0 Å². The third kappa shape index (κ3) is 3.62. The number of benzene rings is 1. The summed E-state index contributed by atoms with van der Waals surface area (Å²) in [7, 11) is 1.65. The summed E-state index contributed by atoms with van der Waals surface area (Å²) in [6.45, 7) is 0.308. The molecule has 0 aliphatic rings. The van der Waals surface area contributed by atoms with Gasteiger partial charge in [-0.05, 0) is 18.1 Å². The van der Waals surface area contributed by atoms with E-state index in [0.717, 1.165) is 0 Å². The molecule has 4 heteroatoms. The first-order valence-electron chi connectivity index (χ1n) is 5.23. The molecule has 0 saturated heterocycles. The van der Waals surface area contributed by atoms with Crippen LogP contribution in [0.5, 0.6) is 0 Å². The molecule has 0 saturated carbocycles. The quantitative estimate of drug-likeness (QED) is 0.818. The highest BCUT2D eigenvalue weighted by Gasteiger charge is 2.08. The van der Waals surface area contributed by atoms with Crippen LogP contribution in [0.2, 0.25) is 0 Å². The predicted molar refractivity (Wildman–Crippen MR) is 59.4 cm³/mol. The number of rotatable bonds is 5. The second-order valence-electron chi connectivity index (χ2n) is 3.63. The Labute approximate surface area is 94.5 Å². The van der Waals surface area contributed by atoms with Gasteiger partial charge in [0.25, 0.3) is 0 Å². The van der Waals surface area contributed by atoms with Crippen LogP contribution >= 0.6 is 0 Å². The van der Waals surface area contributed by atoms with Gasteiger partial charge in [0.2, 0.25) is 5.91 Å². The van der Waals surface area contributed by atoms with E-state index < -0.39 is 0 Å². The minimum absolute atomic E-state index is 0.119. The van der Waals surface area contributed by atoms with Crippen LogP contribution in [0.3, 0.4) is 0 Å². The van der Waals surface area contributed by atoms with E-state index in [-0.39, 0.29) is 24.8 Å². The molecular formula is C12H16FNO2. The number of carbonyl (C=O) groups is 1. The lowest BCUT2D eigenvalue weighted by Gasteiger charge is -2.16. The average molecular weight is 225 g/mol. The van der Waals surface area contributed by atoms with Gasteiger partial charge >= 0.3 is 0 Å². The van der Waals surface area contributed by atoms with E-state index in [9.17, 15) is 9.18 Å². The Morgan fingerprint density at radius 3 is 2.75 bits per heavy atom. The van der Waals surface area contributed by atoms with E-state index in [2.05, 4.69) is 0 Å². The maximum absolute atomic E-state index is 13.2. The predicted octanol–water partition coefficient (Wildman–Crippen LogP) is 1.21. The first-order chi connectivity index (χ1) is 7.65. The molecule has 3 nitrogen and oxygen atoms in total. The minimum Gasteiger partial charge on any atom is -0.396 e. The fraction of sp³-hybridized carbons (Fsp3) is 0.417. The number of hydrogen-bond donors (Lipinski definition) is 1. The van der Waals surface area contributed by atoms with Gasteiger partial charge in [0, 0.05) is 20.0 Å². The van der Waals surface area contributed by atoms with Crippen molar-refractivity contribution in [3.63, 3.8) is 0 Å². The Morgan fingerprint density at radius 1 is 1.44 bits per heavy atom. The van der Waals surface area contributed by atoms with Crippen molar-refractivity contribution < 1.29 is 14.3 Å². The molecule has 0 aliphatic carbocycles. The summed E-state index contributed by atoms with van der Waals surface area (Å²) < 4.78 is 13.2. The number of aliphatic hydroxyl groups is 1. The molecule has 0 bridgehead atoms. The highest BCUT2D eigenvalue weighted by molar-refractivity contribution is 5.75. The Balaban J connectivity index is 2.46. The third-order valence-corrected chi connectivity index (χ3v) is 2.43. The van der Waals surface area contributed by atoms with E-state index in [0.29, 0.717) is 18.5 Å². The zero-order chi connectivity index (χ0) is 12.0. The van der Waals surface area contributed by atoms with Crippen molar-refractivity contribution in [1.29, 1.82) is 0 Å². The molecule has 88 valence electrons. The van der Waals surface area contributed by atoms with Crippen LogP contribution in [0, 0.1) is 5.82 Å². The lowest BCUT2D eigenvalue weighted by atomic mass is 10.1. The SMILES string of the molecule is CN(CCc1ccccc1F)C(=O)CCO. The summed E-state index contributed by atoms with van der Waals surface area (Å²) in [5.41, 5.74) is 0.603. The van der Waals surface area contributed by atoms with Gasteiger partial charge in [-0.15, -0.1) is 0 Å². The molecule has 0 aliphatic heterocycles. The van der Waals surface area contributed by atoms with Gasteiger partial charge in [0.05, 0.1) is 6.61 Å². The van der Waals surface area contributed by atoms with Crippen LogP contribution in [0.1, 0.15) is 12.0 Å². The molecule has 0 spiro atoms. The molecule has 0 atom stereocenters. The fourth-order valence-corrected chi connectivity index (χ4v) is 1.40. The van der Waals surface area contributed by atoms with Gasteiger partial charge in [-0.2, -0.15) is 0 Å². The van der Waals surface area contributed by atoms with E-state index in [1.807, 2.05) is 0 Å². The number of hydrogen-bond acceptors (Lipinski definition) is 2. The van der Waals surface area contributed by atoms with Crippen LogP contribution in [-0.4, -0.2) is 36.1 Å². The molecule has 1 aromatic carbocycles. The van der Waals surface area contributed by atoms with Crippen molar-refractivity contribution in [2.24, 2.45) is 0 Å². The largest absolute Gasteiger partial charge is 0.396 e. The van der Waals surface area contributed by atoms with Gasteiger partial charge in [-0.3, -0.25) is 4.79 Å². The second-order valence-corrected chi connectivity index (χ2v) is 3.63. The van der Waals surface area contributed by atoms with Crippen molar-refractivity contribution in [1.82, 2.24) is 4.90 Å². The van der Waals surface area contributed by atoms with Crippen molar-refractivity contribution in [2.45, 2.75) is 12.8 Å². The zero-order valence-corrected chi connectivity index (χ0v) is 9.32. The van der Waals surface area contributed by atoms with E-state index >= 15 is 0 Å². The molecular weight excluding hydrogens is 209 g/mol. The monoisotopic (exact) mass is 225 g/mol. The molecule has 0 heterocycles. The Bertz CT molecular complexity index is 355. The molecule has 16 heavy (non-hydrogen) atoms. The fourth-order valence-electron chi connectivity index (χ4n) is 1.40. The summed E-state index contributed by atoms with van der Waals surface area (Å²) in [4.78, 5) is 12.8. The van der Waals surface area contributed by atoms with Crippen LogP contribution < -0.4 is 0 Å². The molecule has 1 N–H and O–H groups in total. The van der Waals surface area contributed by atoms with Gasteiger partial charge < -0.3 is 10.0 Å². The normalized spacial score (nSPS) is 10.2. The summed E-state index contributed by atoms with van der Waals surface area (Å²) in [6, 6.07) is 6.53. The number of amides is 1. The number of halogens is 1. The zero-order valence-electron chi connectivity index (χ0n) is 9.32. The average Bonchev–Trinajstić information content (AvgIpc) is 2.28. The first kappa shape index (κ1) is 12.6. The summed E-state index contributed by atoms with van der Waals surface area (Å²) in [6.07, 6.45) is 0.605. The molecule has 0 unspecified atom stereocenters. The Kier molecular flexibility index (Phi) is 4.92. The molecule has 0 aromatic heterocycles. The number of nitrogens with zero attached hydrogens (tertiary/aromatic N) is 1. The van der Waals surface area contributed by atoms with Crippen LogP contribution in [-0.2, 0) is 11.2 Å². The van der Waals surface area contributed by atoms with Crippen molar-refractivity contribution in [3.8, 4) is 0 Å². The van der Waals surface area contributed by atoms with Crippen LogP contribution in [0.25, 0.3) is 0 Å². The Morgan fingerprint density at radius 2 is 2.12 bits per heavy atom. The standard InChI is InChI=1S/C12H16FNO2/c1-14(12(16)7-9-15)8-6-10-4-2-3-5-11(10)13/h2-5,15H,6-9H2,1H3. The smallest absolute Gasteiger partial charge is 0.224 e. The molecule has 0 radical (unpaired) electrons. The van der Waals surface area contributed by atoms with E-state index in [1.54, 1.807) is 25.2 Å². The van der Waals surface area contributed by atoms with Crippen molar-refractivity contribution in [3.05, 3.63) is 35.6 Å². The summed E-state index contributed by atoms with van der Waals surface area (Å²) in [5.74, 6) is -0.371. The van der Waals surface area contributed by atoms with Gasteiger partial charge in [0.15, 0.2) is 0 Å². The molecule has 1 rings (SSSR count). The molecule has 0 fully saturated rings. The van der Waals surface area contributed by atoms with Crippen LogP contribution in [0.15, 0.2) is 24.3 Å². The van der Waals surface area contributed by atoms with Gasteiger partial charge in [0.1, 0.15) is 5.82 Å². The maximum Gasteiger partial charge on any atom is 0.224 e. The number of likely N-dealkylation sites (N-methyl/N-ethyl adjacent to an activating group) is 1. The van der Waals surface area contributed by atoms with Crippen molar-refractivity contribution in [2.75, 3.05) is 20.2 Å². The van der Waals surface area contributed by atoms with Gasteiger partial charge in [-0.1, -0.05) is 18.2 Å². The molecule has 1 amide bonds. The highest BCUT2D eigenvalue weighted by Crippen LogP contribution is 2.07. The van der Waals surface area contributed by atoms with Crippen LogP contribution in [0.4, 0.5) is 4.39 Å². The van der Waals surface area contributed by atoms with Crippen molar-refractivity contribution >= 4 is 5.91 Å². The minimum atomic E-state index is -0.245. The second kappa shape index (κ2) is 6.23. The molecule has 1 aromatic rings. The maximum atomic E-state index is 13.2. The summed E-state index contributed by atoms with van der Waals surface area (Å²) >= 11 is 0. The topological polar surface area (TPSA) is 40.5 Å². The lowest BCUT2D eigenvalue weighted by molar-refractivity contribution is -0.130. The lowest BCUT2D eigenvalue weighted by Crippen LogP contribution is -2.29. The number of carbonyl (C=O) groups excluding carboxylic acids is 1. The number of aliphatic hydroxyl groups excluding tert-OH is 1. The van der Waals surface area contributed by atoms with Gasteiger partial charge in [-0.25, -0.2) is 4.39 Å². The van der Waals surface area contributed by atoms with E-state index in [4.69, 9.17) is 5.11 Å². The summed E-state index contributed by atoms with van der Waals surface area (Å²) in [5, 5.41) is 8.61.